The lowest BCUT2D eigenvalue weighted by molar-refractivity contribution is -0.122. The maximum Gasteiger partial charge on any atom is 0.263 e. The van der Waals surface area contributed by atoms with Crippen molar-refractivity contribution in [2.24, 2.45) is 7.05 Å². The first-order valence-electron chi connectivity index (χ1n) is 8.93. The number of amides is 1. The van der Waals surface area contributed by atoms with Gasteiger partial charge in [0.25, 0.3) is 12.0 Å². The Morgan fingerprint density at radius 2 is 2.10 bits per heavy atom. The van der Waals surface area contributed by atoms with Crippen molar-refractivity contribution < 1.29 is 22.0 Å². The molecule has 1 atom stereocenters. The zero-order valence-corrected chi connectivity index (χ0v) is 16.5. The van der Waals surface area contributed by atoms with Crippen LogP contribution in [0.4, 0.5) is 14.5 Å². The second-order valence-corrected chi connectivity index (χ2v) is 8.79. The molecule has 2 aromatic heterocycles. The molecule has 3 aromatic rings. The summed E-state index contributed by atoms with van der Waals surface area (Å²) >= 11 is 0. The molecule has 1 aliphatic heterocycles. The monoisotopic (exact) mass is 437 g/mol. The Morgan fingerprint density at radius 1 is 1.33 bits per heavy atom. The third kappa shape index (κ3) is 3.37. The number of anilines is 1. The Bertz CT molecular complexity index is 1300. The molecule has 0 unspecified atom stereocenters. The summed E-state index contributed by atoms with van der Waals surface area (Å²) < 4.78 is 55.1. The number of alkyl halides is 2. The third-order valence-electron chi connectivity index (χ3n) is 5.02. The maximum atomic E-state index is 13.2. The Labute approximate surface area is 169 Å². The molecule has 0 saturated carbocycles. The van der Waals surface area contributed by atoms with Crippen molar-refractivity contribution >= 4 is 32.5 Å². The van der Waals surface area contributed by atoms with E-state index in [1.54, 1.807) is 7.05 Å². The third-order valence-corrected chi connectivity index (χ3v) is 6.95. The molecule has 1 aromatic carbocycles. The van der Waals surface area contributed by atoms with E-state index in [1.807, 2.05) is 0 Å². The second kappa shape index (κ2) is 7.29. The van der Waals surface area contributed by atoms with Crippen LogP contribution in [0.3, 0.4) is 0 Å². The summed E-state index contributed by atoms with van der Waals surface area (Å²) in [6.07, 6.45) is 0.125. The predicted molar refractivity (Wildman–Crippen MR) is 104 cm³/mol. The summed E-state index contributed by atoms with van der Waals surface area (Å²) in [6, 6.07) is 3.77. The van der Waals surface area contributed by atoms with E-state index in [4.69, 9.17) is 0 Å². The fraction of sp³-hybridized carbons (Fsp3) is 0.278. The summed E-state index contributed by atoms with van der Waals surface area (Å²) in [5, 5.41) is 9.02. The van der Waals surface area contributed by atoms with Crippen LogP contribution in [0.2, 0.25) is 0 Å². The van der Waals surface area contributed by atoms with Crippen LogP contribution in [-0.2, 0) is 21.9 Å². The van der Waals surface area contributed by atoms with Crippen LogP contribution in [0.5, 0.6) is 0 Å². The molecule has 9 nitrogen and oxygen atoms in total. The van der Waals surface area contributed by atoms with Gasteiger partial charge in [-0.2, -0.15) is 9.40 Å². The molecular weight excluding hydrogens is 420 g/mol. The Kier molecular flexibility index (Phi) is 4.90. The Balaban J connectivity index is 1.64. The number of nitrogens with zero attached hydrogens (tertiary/aromatic N) is 3. The smallest absolute Gasteiger partial charge is 0.263 e. The van der Waals surface area contributed by atoms with Crippen molar-refractivity contribution in [1.82, 2.24) is 19.1 Å². The van der Waals surface area contributed by atoms with Crippen LogP contribution >= 0.6 is 0 Å². The van der Waals surface area contributed by atoms with Gasteiger partial charge in [-0.25, -0.2) is 17.2 Å². The number of hydrogen-bond acceptors (Lipinski definition) is 5. The Morgan fingerprint density at radius 3 is 2.73 bits per heavy atom. The highest BCUT2D eigenvalue weighted by atomic mass is 32.2. The average Bonchev–Trinajstić information content (AvgIpc) is 3.11. The van der Waals surface area contributed by atoms with Crippen LogP contribution in [0.15, 0.2) is 46.3 Å². The van der Waals surface area contributed by atoms with Gasteiger partial charge in [0.1, 0.15) is 10.9 Å². The fourth-order valence-corrected chi connectivity index (χ4v) is 5.11. The number of nitrogens with one attached hydrogen (secondary N) is 2. The molecule has 0 spiro atoms. The van der Waals surface area contributed by atoms with E-state index in [0.717, 1.165) is 10.4 Å². The number of benzene rings is 1. The minimum atomic E-state index is -4.25. The van der Waals surface area contributed by atoms with Gasteiger partial charge in [0.05, 0.1) is 11.7 Å². The minimum Gasteiger partial charge on any atom is -0.324 e. The summed E-state index contributed by atoms with van der Waals surface area (Å²) in [6.45, 7) is 0.0610. The molecule has 3 heterocycles. The van der Waals surface area contributed by atoms with E-state index < -0.39 is 34.0 Å². The number of fused-ring (bicyclic) bond motifs is 1. The van der Waals surface area contributed by atoms with Crippen LogP contribution in [0.25, 0.3) is 10.9 Å². The van der Waals surface area contributed by atoms with Crippen molar-refractivity contribution in [3.05, 3.63) is 52.6 Å². The molecular formula is C18H17F2N5O4S. The molecule has 0 radical (unpaired) electrons. The highest BCUT2D eigenvalue weighted by Crippen LogP contribution is 2.34. The maximum absolute atomic E-state index is 13.2. The quantitative estimate of drug-likeness (QED) is 0.629. The number of H-pyrrole nitrogens is 1. The first kappa shape index (κ1) is 20.2. The standard InChI is InChI=1S/C18H17F2N5O4S/c1-24-4-2-12(8-15(24)26)22-18(27)13-3-5-25(13)30(28,29)14-7-10(17(19)20)6-11-9-21-23-16(11)14/h2,4,6-9,13,17H,3,5H2,1H3,(H,21,23)(H,22,27)/t13-/m0/s1. The predicted octanol–water partition coefficient (Wildman–Crippen LogP) is 1.60. The first-order valence-corrected chi connectivity index (χ1v) is 10.4. The van der Waals surface area contributed by atoms with Gasteiger partial charge in [-0.15, -0.1) is 0 Å². The number of rotatable bonds is 5. The molecule has 158 valence electrons. The number of carbonyl (C=O) groups excluding carboxylic acids is 1. The molecule has 1 saturated heterocycles. The molecule has 1 aliphatic rings. The van der Waals surface area contributed by atoms with Crippen LogP contribution in [0.1, 0.15) is 18.4 Å². The highest BCUT2D eigenvalue weighted by molar-refractivity contribution is 7.89. The number of sulfonamides is 1. The van der Waals surface area contributed by atoms with Crippen molar-refractivity contribution in [3.63, 3.8) is 0 Å². The lowest BCUT2D eigenvalue weighted by Crippen LogP contribution is -2.56. The van der Waals surface area contributed by atoms with E-state index in [2.05, 4.69) is 15.5 Å². The molecule has 0 aliphatic carbocycles. The molecule has 1 amide bonds. The SMILES string of the molecule is Cn1ccc(NC(=O)[C@@H]2CCN2S(=O)(=O)c2cc(C(F)F)cc3cn[nH]c23)cc1=O. The van der Waals surface area contributed by atoms with Crippen molar-refractivity contribution in [1.29, 1.82) is 0 Å². The van der Waals surface area contributed by atoms with Crippen LogP contribution in [0, 0.1) is 0 Å². The lowest BCUT2D eigenvalue weighted by Gasteiger charge is -2.38. The molecule has 4 rings (SSSR count). The van der Waals surface area contributed by atoms with E-state index in [9.17, 15) is 26.8 Å². The Hall–Kier alpha value is -3.12. The van der Waals surface area contributed by atoms with Gasteiger partial charge in [-0.3, -0.25) is 14.7 Å². The number of halogens is 2. The summed E-state index contributed by atoms with van der Waals surface area (Å²) in [4.78, 5) is 23.9. The summed E-state index contributed by atoms with van der Waals surface area (Å²) in [5.74, 6) is -0.607. The summed E-state index contributed by atoms with van der Waals surface area (Å²) in [7, 11) is -2.70. The van der Waals surface area contributed by atoms with E-state index in [1.165, 1.54) is 35.2 Å². The fourth-order valence-electron chi connectivity index (χ4n) is 3.27. The van der Waals surface area contributed by atoms with Gasteiger partial charge in [0.2, 0.25) is 15.9 Å². The molecule has 0 bridgehead atoms. The van der Waals surface area contributed by atoms with E-state index in [0.29, 0.717) is 0 Å². The number of aryl methyl sites for hydroxylation is 1. The largest absolute Gasteiger partial charge is 0.324 e. The molecule has 30 heavy (non-hydrogen) atoms. The minimum absolute atomic E-state index is 0.0610. The number of aromatic nitrogens is 3. The average molecular weight is 437 g/mol. The van der Waals surface area contributed by atoms with Crippen LogP contribution in [-0.4, -0.2) is 46.0 Å². The topological polar surface area (TPSA) is 117 Å². The molecule has 2 N–H and O–H groups in total. The normalized spacial score (nSPS) is 17.3. The molecule has 12 heteroatoms. The second-order valence-electron chi connectivity index (χ2n) is 6.93. The lowest BCUT2D eigenvalue weighted by atomic mass is 10.1. The van der Waals surface area contributed by atoms with Crippen molar-refractivity contribution in [2.75, 3.05) is 11.9 Å². The number of pyridine rings is 1. The summed E-state index contributed by atoms with van der Waals surface area (Å²) in [5.41, 5.74) is -0.458. The van der Waals surface area contributed by atoms with Gasteiger partial charge < -0.3 is 9.88 Å². The zero-order valence-electron chi connectivity index (χ0n) is 15.7. The van der Waals surface area contributed by atoms with Crippen LogP contribution < -0.4 is 10.9 Å². The van der Waals surface area contributed by atoms with Gasteiger partial charge >= 0.3 is 0 Å². The molecule has 1 fully saturated rings. The van der Waals surface area contributed by atoms with E-state index in [-0.39, 0.29) is 40.0 Å². The van der Waals surface area contributed by atoms with Crippen molar-refractivity contribution in [3.8, 4) is 0 Å². The van der Waals surface area contributed by atoms with Gasteiger partial charge in [-0.05, 0) is 24.6 Å². The van der Waals surface area contributed by atoms with Gasteiger partial charge in [0.15, 0.2) is 0 Å². The number of carbonyl (C=O) groups is 1. The van der Waals surface area contributed by atoms with Crippen molar-refractivity contribution in [2.45, 2.75) is 23.8 Å². The van der Waals surface area contributed by atoms with E-state index >= 15 is 0 Å². The number of hydrogen-bond donors (Lipinski definition) is 2. The zero-order chi connectivity index (χ0) is 21.6. The highest BCUT2D eigenvalue weighted by Gasteiger charge is 2.43. The van der Waals surface area contributed by atoms with Gasteiger partial charge in [0, 0.05) is 42.5 Å². The first-order chi connectivity index (χ1) is 14.2. The number of aromatic amines is 1. The van der Waals surface area contributed by atoms with Gasteiger partial charge in [-0.1, -0.05) is 0 Å².